The van der Waals surface area contributed by atoms with Gasteiger partial charge in [0.2, 0.25) is 0 Å². The van der Waals surface area contributed by atoms with Crippen LogP contribution in [0.1, 0.15) is 25.3 Å². The molecule has 0 unspecified atom stereocenters. The average molecular weight is 438 g/mol. The van der Waals surface area contributed by atoms with Crippen molar-refractivity contribution in [3.63, 3.8) is 0 Å². The van der Waals surface area contributed by atoms with Gasteiger partial charge in [-0.1, -0.05) is 17.7 Å². The van der Waals surface area contributed by atoms with E-state index in [1.54, 1.807) is 12.1 Å². The molecule has 8 heteroatoms. The Labute approximate surface area is 187 Å². The van der Waals surface area contributed by atoms with Gasteiger partial charge in [-0.25, -0.2) is 0 Å². The molecule has 7 nitrogen and oxygen atoms in total. The number of likely N-dealkylation sites (N-methyl/N-ethyl adjacent to an activating group) is 1. The van der Waals surface area contributed by atoms with Gasteiger partial charge in [-0.2, -0.15) is 15.8 Å². The van der Waals surface area contributed by atoms with Gasteiger partial charge in [0.1, 0.15) is 6.07 Å². The Hall–Kier alpha value is -3.18. The molecule has 0 fully saturated rings. The van der Waals surface area contributed by atoms with E-state index in [9.17, 15) is 15.8 Å². The van der Waals surface area contributed by atoms with Crippen molar-refractivity contribution >= 4 is 11.6 Å². The molecule has 0 bridgehead atoms. The molecule has 31 heavy (non-hydrogen) atoms. The van der Waals surface area contributed by atoms with Gasteiger partial charge in [-0.05, 0) is 44.2 Å². The van der Waals surface area contributed by atoms with E-state index in [1.807, 2.05) is 27.0 Å². The van der Waals surface area contributed by atoms with Gasteiger partial charge in [0.05, 0.1) is 41.6 Å². The van der Waals surface area contributed by atoms with Gasteiger partial charge in [0.15, 0.2) is 16.9 Å². The molecule has 0 saturated heterocycles. The SMILES string of the molecule is COc1cc([C@@H]2[C@H]3CN(C)CC=C3C(C#N)=C(N)C2(C#N)C#N)cc(Cl)c1OC(C)C. The van der Waals surface area contributed by atoms with Crippen LogP contribution in [0.2, 0.25) is 5.02 Å². The minimum absolute atomic E-state index is 0.0188. The number of ether oxygens (including phenoxy) is 2. The monoisotopic (exact) mass is 437 g/mol. The number of nitrogens with zero attached hydrogens (tertiary/aromatic N) is 4. The summed E-state index contributed by atoms with van der Waals surface area (Å²) in [5.74, 6) is -0.133. The van der Waals surface area contributed by atoms with Crippen LogP contribution in [0.5, 0.6) is 11.5 Å². The van der Waals surface area contributed by atoms with E-state index < -0.39 is 11.3 Å². The number of benzene rings is 1. The molecular formula is C23H24ClN5O2. The standard InChI is InChI=1S/C23H24ClN5O2/c1-13(2)31-21-18(24)7-14(8-19(21)30-4)20-17-10-29(3)6-5-15(17)16(9-25)22(28)23(20,11-26)12-27/h5,7-8,13,17,20H,6,10,28H2,1-4H3/t17-,20+/m0/s1. The largest absolute Gasteiger partial charge is 0.493 e. The van der Waals surface area contributed by atoms with E-state index in [0.29, 0.717) is 35.2 Å². The van der Waals surface area contributed by atoms with E-state index in [4.69, 9.17) is 26.8 Å². The fourth-order valence-electron chi connectivity index (χ4n) is 4.47. The molecule has 1 aliphatic carbocycles. The minimum Gasteiger partial charge on any atom is -0.493 e. The summed E-state index contributed by atoms with van der Waals surface area (Å²) in [6.07, 6.45) is 1.82. The highest BCUT2D eigenvalue weighted by atomic mass is 35.5. The molecule has 160 valence electrons. The van der Waals surface area contributed by atoms with Gasteiger partial charge in [0, 0.05) is 24.9 Å². The second kappa shape index (κ2) is 8.52. The fourth-order valence-corrected chi connectivity index (χ4v) is 4.73. The lowest BCUT2D eigenvalue weighted by atomic mass is 9.58. The molecule has 3 rings (SSSR count). The van der Waals surface area contributed by atoms with Gasteiger partial charge in [-0.3, -0.25) is 0 Å². The number of fused-ring (bicyclic) bond motifs is 1. The summed E-state index contributed by atoms with van der Waals surface area (Å²) in [5.41, 5.74) is 6.21. The molecule has 1 aliphatic heterocycles. The average Bonchev–Trinajstić information content (AvgIpc) is 2.74. The maximum Gasteiger partial charge on any atom is 0.191 e. The number of methoxy groups -OCH3 is 1. The van der Waals surface area contributed by atoms with Gasteiger partial charge >= 0.3 is 0 Å². The number of hydrogen-bond donors (Lipinski definition) is 1. The molecule has 1 heterocycles. The van der Waals surface area contributed by atoms with Crippen molar-refractivity contribution in [1.29, 1.82) is 15.8 Å². The van der Waals surface area contributed by atoms with Crippen molar-refractivity contribution in [2.45, 2.75) is 25.9 Å². The first-order valence-corrected chi connectivity index (χ1v) is 10.3. The Morgan fingerprint density at radius 3 is 2.48 bits per heavy atom. The van der Waals surface area contributed by atoms with Crippen LogP contribution in [0.25, 0.3) is 0 Å². The molecule has 0 amide bonds. The highest BCUT2D eigenvalue weighted by Crippen LogP contribution is 2.55. The summed E-state index contributed by atoms with van der Waals surface area (Å²) >= 11 is 6.56. The quantitative estimate of drug-likeness (QED) is 0.765. The first-order valence-electron chi connectivity index (χ1n) is 9.89. The number of halogens is 1. The van der Waals surface area contributed by atoms with Crippen molar-refractivity contribution in [2.24, 2.45) is 17.1 Å². The number of hydrogen-bond acceptors (Lipinski definition) is 7. The Balaban J connectivity index is 2.31. The first-order chi connectivity index (χ1) is 14.7. The second-order valence-corrected chi connectivity index (χ2v) is 8.50. The Kier molecular flexibility index (Phi) is 6.18. The lowest BCUT2D eigenvalue weighted by molar-refractivity contribution is 0.227. The number of rotatable bonds is 4. The smallest absolute Gasteiger partial charge is 0.191 e. The van der Waals surface area contributed by atoms with E-state index in [1.165, 1.54) is 7.11 Å². The van der Waals surface area contributed by atoms with E-state index in [-0.39, 0.29) is 23.3 Å². The molecule has 0 saturated carbocycles. The van der Waals surface area contributed by atoms with Crippen LogP contribution in [-0.4, -0.2) is 38.3 Å². The van der Waals surface area contributed by atoms with Crippen LogP contribution in [0, 0.1) is 45.3 Å². The van der Waals surface area contributed by atoms with Crippen LogP contribution >= 0.6 is 11.6 Å². The maximum atomic E-state index is 10.2. The van der Waals surface area contributed by atoms with Crippen LogP contribution in [0.4, 0.5) is 0 Å². The minimum atomic E-state index is -1.72. The van der Waals surface area contributed by atoms with Gasteiger partial charge < -0.3 is 20.1 Å². The lowest BCUT2D eigenvalue weighted by Crippen LogP contribution is -2.47. The van der Waals surface area contributed by atoms with Crippen LogP contribution in [0.3, 0.4) is 0 Å². The molecule has 1 aromatic rings. The third-order valence-corrected chi connectivity index (χ3v) is 6.09. The van der Waals surface area contributed by atoms with E-state index in [0.717, 1.165) is 5.57 Å². The molecule has 0 aromatic heterocycles. The molecule has 2 N–H and O–H groups in total. The van der Waals surface area contributed by atoms with Gasteiger partial charge in [0.25, 0.3) is 0 Å². The zero-order valence-electron chi connectivity index (χ0n) is 17.9. The number of nitrogens with two attached hydrogens (primary N) is 1. The molecule has 1 aromatic carbocycles. The molecule has 0 radical (unpaired) electrons. The predicted octanol–water partition coefficient (Wildman–Crippen LogP) is 3.49. The normalized spacial score (nSPS) is 22.6. The van der Waals surface area contributed by atoms with Crippen LogP contribution in [-0.2, 0) is 0 Å². The van der Waals surface area contributed by atoms with Crippen molar-refractivity contribution < 1.29 is 9.47 Å². The van der Waals surface area contributed by atoms with Crippen molar-refractivity contribution in [2.75, 3.05) is 27.2 Å². The summed E-state index contributed by atoms with van der Waals surface area (Å²) in [7, 11) is 3.46. The fraction of sp³-hybridized carbons (Fsp3) is 0.435. The van der Waals surface area contributed by atoms with Crippen molar-refractivity contribution in [3.05, 3.63) is 45.6 Å². The Morgan fingerprint density at radius 2 is 1.94 bits per heavy atom. The molecular weight excluding hydrogens is 414 g/mol. The summed E-state index contributed by atoms with van der Waals surface area (Å²) < 4.78 is 11.3. The van der Waals surface area contributed by atoms with Crippen LogP contribution in [0.15, 0.2) is 35.1 Å². The first kappa shape index (κ1) is 22.5. The van der Waals surface area contributed by atoms with Crippen molar-refractivity contribution in [3.8, 4) is 29.7 Å². The Morgan fingerprint density at radius 1 is 1.26 bits per heavy atom. The lowest BCUT2D eigenvalue weighted by Gasteiger charge is -2.45. The molecule has 0 spiro atoms. The highest BCUT2D eigenvalue weighted by molar-refractivity contribution is 6.32. The van der Waals surface area contributed by atoms with Crippen molar-refractivity contribution in [1.82, 2.24) is 4.90 Å². The number of nitriles is 3. The zero-order valence-corrected chi connectivity index (χ0v) is 18.7. The topological polar surface area (TPSA) is 119 Å². The second-order valence-electron chi connectivity index (χ2n) is 8.10. The Bertz CT molecular complexity index is 1070. The maximum absolute atomic E-state index is 10.2. The summed E-state index contributed by atoms with van der Waals surface area (Å²) in [5, 5.41) is 30.4. The van der Waals surface area contributed by atoms with E-state index in [2.05, 4.69) is 23.1 Å². The van der Waals surface area contributed by atoms with Gasteiger partial charge in [-0.15, -0.1) is 0 Å². The molecule has 2 aliphatic rings. The number of allylic oxidation sites excluding steroid dienone is 2. The third-order valence-electron chi connectivity index (χ3n) is 5.81. The van der Waals surface area contributed by atoms with E-state index >= 15 is 0 Å². The molecule has 2 atom stereocenters. The summed E-state index contributed by atoms with van der Waals surface area (Å²) in [4.78, 5) is 2.08. The van der Waals surface area contributed by atoms with Crippen LogP contribution < -0.4 is 15.2 Å². The predicted molar refractivity (Wildman–Crippen MR) is 116 cm³/mol. The zero-order chi connectivity index (χ0) is 22.9. The highest BCUT2D eigenvalue weighted by Gasteiger charge is 2.54. The summed E-state index contributed by atoms with van der Waals surface area (Å²) in [6, 6.07) is 9.82. The summed E-state index contributed by atoms with van der Waals surface area (Å²) in [6.45, 7) is 4.97. The third kappa shape index (κ3) is 3.59.